The van der Waals surface area contributed by atoms with E-state index >= 15 is 0 Å². The summed E-state index contributed by atoms with van der Waals surface area (Å²) in [6, 6.07) is 19.4. The van der Waals surface area contributed by atoms with Crippen molar-refractivity contribution in [2.24, 2.45) is 5.92 Å². The Labute approximate surface area is 229 Å². The Morgan fingerprint density at radius 1 is 1.15 bits per heavy atom. The Morgan fingerprint density at radius 3 is 2.48 bits per heavy atom. The Balaban J connectivity index is 1.49. The number of anilines is 2. The number of rotatable bonds is 9. The number of nitriles is 1. The van der Waals surface area contributed by atoms with Gasteiger partial charge in [-0.3, -0.25) is 9.36 Å². The molecular weight excluding hydrogens is 512 g/mol. The summed E-state index contributed by atoms with van der Waals surface area (Å²) in [6.07, 6.45) is 2.29. The number of nitrogens with one attached hydrogen (secondary N) is 1. The number of ether oxygens (including phenoxy) is 1. The van der Waals surface area contributed by atoms with Crippen LogP contribution in [0, 0.1) is 24.2 Å². The lowest BCUT2D eigenvalue weighted by atomic mass is 9.99. The van der Waals surface area contributed by atoms with Gasteiger partial charge in [0.05, 0.1) is 29.6 Å². The first kappa shape index (κ1) is 26.4. The van der Waals surface area contributed by atoms with E-state index in [1.165, 1.54) is 23.8 Å². The first-order valence-corrected chi connectivity index (χ1v) is 12.6. The topological polar surface area (TPSA) is 152 Å². The molecule has 0 bridgehead atoms. The number of aliphatic carboxylic acids is 1. The normalized spacial score (nSPS) is 14.1. The molecule has 1 aliphatic carbocycles. The second kappa shape index (κ2) is 10.5. The van der Waals surface area contributed by atoms with Gasteiger partial charge in [-0.1, -0.05) is 29.8 Å². The molecule has 1 fully saturated rings. The molecule has 5 rings (SSSR count). The van der Waals surface area contributed by atoms with Crippen LogP contribution in [0.4, 0.5) is 11.6 Å². The number of benzene rings is 2. The SMILES string of the molecule is Cc1ccc(Cn2c(Nc3ccc(Oc4cc(C#N)ccn4)cc3)nc(=O)n(C3([C@@H](C)C(=O)O)CC3)c2=O)cc1. The number of aromatic nitrogens is 4. The van der Waals surface area contributed by atoms with E-state index in [9.17, 15) is 19.5 Å². The van der Waals surface area contributed by atoms with Gasteiger partial charge in [0, 0.05) is 18.0 Å². The molecule has 0 saturated heterocycles. The van der Waals surface area contributed by atoms with Crippen molar-refractivity contribution < 1.29 is 14.6 Å². The highest BCUT2D eigenvalue weighted by atomic mass is 16.5. The third-order valence-electron chi connectivity index (χ3n) is 7.11. The van der Waals surface area contributed by atoms with Crippen LogP contribution in [0.25, 0.3) is 0 Å². The van der Waals surface area contributed by atoms with Gasteiger partial charge in [0.25, 0.3) is 0 Å². The number of carboxylic acid groups (broad SMARTS) is 1. The highest BCUT2D eigenvalue weighted by Crippen LogP contribution is 2.48. The van der Waals surface area contributed by atoms with Gasteiger partial charge in [0.15, 0.2) is 0 Å². The number of hydrogen-bond donors (Lipinski definition) is 2. The van der Waals surface area contributed by atoms with Gasteiger partial charge in [-0.05, 0) is 62.6 Å². The first-order valence-electron chi connectivity index (χ1n) is 12.6. The second-order valence-corrected chi connectivity index (χ2v) is 9.82. The number of hydrogen-bond acceptors (Lipinski definition) is 8. The standard InChI is InChI=1S/C29H26N6O5/c1-18-3-5-20(6-4-18)17-34-26(33-27(38)35(28(34)39)29(12-13-29)19(2)25(36)37)32-22-7-9-23(10-8-22)40-24-15-21(16-30)11-14-31-24/h3-11,14-15,19H,12-13,17H2,1-2H3,(H,36,37)(H,32,33,38)/t19-/m0/s1. The van der Waals surface area contributed by atoms with Gasteiger partial charge in [0.1, 0.15) is 5.75 Å². The second-order valence-electron chi connectivity index (χ2n) is 9.82. The van der Waals surface area contributed by atoms with E-state index in [-0.39, 0.29) is 18.4 Å². The molecule has 2 aromatic carbocycles. The summed E-state index contributed by atoms with van der Waals surface area (Å²) in [7, 11) is 0. The van der Waals surface area contributed by atoms with Crippen molar-refractivity contribution in [3.63, 3.8) is 0 Å². The highest BCUT2D eigenvalue weighted by Gasteiger charge is 2.54. The van der Waals surface area contributed by atoms with Crippen LogP contribution in [-0.2, 0) is 16.9 Å². The fourth-order valence-electron chi connectivity index (χ4n) is 4.59. The van der Waals surface area contributed by atoms with Crippen molar-refractivity contribution in [2.45, 2.75) is 38.8 Å². The predicted octanol–water partition coefficient (Wildman–Crippen LogP) is 3.77. The summed E-state index contributed by atoms with van der Waals surface area (Å²) in [5, 5.41) is 21.8. The maximum absolute atomic E-state index is 13.8. The molecule has 2 N–H and O–H groups in total. The number of carboxylic acids is 1. The molecule has 1 atom stereocenters. The molecule has 0 radical (unpaired) electrons. The lowest BCUT2D eigenvalue weighted by molar-refractivity contribution is -0.143. The summed E-state index contributed by atoms with van der Waals surface area (Å²) < 4.78 is 8.07. The zero-order chi connectivity index (χ0) is 28.4. The third-order valence-corrected chi connectivity index (χ3v) is 7.11. The lowest BCUT2D eigenvalue weighted by Crippen LogP contribution is -2.50. The minimum absolute atomic E-state index is 0.0302. The van der Waals surface area contributed by atoms with Gasteiger partial charge < -0.3 is 15.2 Å². The van der Waals surface area contributed by atoms with Crippen molar-refractivity contribution >= 4 is 17.6 Å². The molecule has 1 aliphatic rings. The predicted molar refractivity (Wildman–Crippen MR) is 146 cm³/mol. The van der Waals surface area contributed by atoms with Crippen molar-refractivity contribution in [3.05, 3.63) is 105 Å². The summed E-state index contributed by atoms with van der Waals surface area (Å²) in [5.41, 5.74) is 0.292. The average molecular weight is 539 g/mol. The lowest BCUT2D eigenvalue weighted by Gasteiger charge is -2.23. The van der Waals surface area contributed by atoms with E-state index in [4.69, 9.17) is 10.00 Å². The summed E-state index contributed by atoms with van der Waals surface area (Å²) in [6.45, 7) is 3.58. The molecule has 0 amide bonds. The molecule has 2 heterocycles. The van der Waals surface area contributed by atoms with Gasteiger partial charge >= 0.3 is 17.3 Å². The van der Waals surface area contributed by atoms with Crippen molar-refractivity contribution in [2.75, 3.05) is 5.32 Å². The molecule has 2 aromatic heterocycles. The van der Waals surface area contributed by atoms with Crippen LogP contribution in [0.3, 0.4) is 0 Å². The van der Waals surface area contributed by atoms with Crippen LogP contribution in [0.15, 0.2) is 76.4 Å². The number of carbonyl (C=O) groups is 1. The van der Waals surface area contributed by atoms with Gasteiger partial charge in [0.2, 0.25) is 11.8 Å². The van der Waals surface area contributed by atoms with Crippen LogP contribution in [0.5, 0.6) is 11.6 Å². The third kappa shape index (κ3) is 5.19. The minimum atomic E-state index is -1.10. The molecule has 0 spiro atoms. The van der Waals surface area contributed by atoms with E-state index in [2.05, 4.69) is 15.3 Å². The summed E-state index contributed by atoms with van der Waals surface area (Å²) in [4.78, 5) is 47.1. The number of aryl methyl sites for hydroxylation is 1. The molecule has 4 aromatic rings. The summed E-state index contributed by atoms with van der Waals surface area (Å²) in [5.74, 6) is -1.24. The Bertz CT molecular complexity index is 1730. The smallest absolute Gasteiger partial charge is 0.355 e. The van der Waals surface area contributed by atoms with E-state index in [0.29, 0.717) is 29.8 Å². The zero-order valence-corrected chi connectivity index (χ0v) is 21.9. The molecule has 11 nitrogen and oxygen atoms in total. The highest BCUT2D eigenvalue weighted by molar-refractivity contribution is 5.71. The van der Waals surface area contributed by atoms with E-state index < -0.39 is 28.8 Å². The Morgan fingerprint density at radius 2 is 1.85 bits per heavy atom. The molecule has 11 heteroatoms. The van der Waals surface area contributed by atoms with Crippen LogP contribution < -0.4 is 21.4 Å². The summed E-state index contributed by atoms with van der Waals surface area (Å²) >= 11 is 0. The van der Waals surface area contributed by atoms with Crippen molar-refractivity contribution in [3.8, 4) is 17.7 Å². The Kier molecular flexibility index (Phi) is 6.92. The number of pyridine rings is 1. The van der Waals surface area contributed by atoms with Crippen LogP contribution in [-0.4, -0.2) is 30.2 Å². The zero-order valence-electron chi connectivity index (χ0n) is 21.9. The maximum atomic E-state index is 13.8. The molecule has 0 unspecified atom stereocenters. The largest absolute Gasteiger partial charge is 0.481 e. The molecule has 40 heavy (non-hydrogen) atoms. The van der Waals surface area contributed by atoms with E-state index in [1.54, 1.807) is 30.3 Å². The first-order chi connectivity index (χ1) is 19.2. The van der Waals surface area contributed by atoms with Crippen molar-refractivity contribution in [1.29, 1.82) is 5.26 Å². The van der Waals surface area contributed by atoms with Crippen LogP contribution >= 0.6 is 0 Å². The fraction of sp³-hybridized carbons (Fsp3) is 0.241. The monoisotopic (exact) mass is 538 g/mol. The number of nitrogens with zero attached hydrogens (tertiary/aromatic N) is 5. The fourth-order valence-corrected chi connectivity index (χ4v) is 4.59. The van der Waals surface area contributed by atoms with E-state index in [0.717, 1.165) is 15.7 Å². The van der Waals surface area contributed by atoms with Gasteiger partial charge in [-0.2, -0.15) is 10.2 Å². The van der Waals surface area contributed by atoms with E-state index in [1.807, 2.05) is 37.3 Å². The Hall–Kier alpha value is -5.24. The molecule has 0 aliphatic heterocycles. The van der Waals surface area contributed by atoms with Crippen molar-refractivity contribution in [1.82, 2.24) is 19.1 Å². The minimum Gasteiger partial charge on any atom is -0.481 e. The van der Waals surface area contributed by atoms with Gasteiger partial charge in [-0.15, -0.1) is 0 Å². The molecule has 1 saturated carbocycles. The molecular formula is C29H26N6O5. The molecule has 202 valence electrons. The average Bonchev–Trinajstić information content (AvgIpc) is 3.74. The van der Waals surface area contributed by atoms with Crippen LogP contribution in [0.1, 0.15) is 36.5 Å². The van der Waals surface area contributed by atoms with Gasteiger partial charge in [-0.25, -0.2) is 19.1 Å². The maximum Gasteiger partial charge on any atom is 0.355 e. The van der Waals surface area contributed by atoms with Crippen LogP contribution in [0.2, 0.25) is 0 Å². The quantitative estimate of drug-likeness (QED) is 0.324.